The third kappa shape index (κ3) is 2.39. The van der Waals surface area contributed by atoms with Crippen molar-refractivity contribution in [3.8, 4) is 5.88 Å². The van der Waals surface area contributed by atoms with Crippen LogP contribution < -0.4 is 4.74 Å². The maximum atomic E-state index is 5.83. The normalized spacial score (nSPS) is 17.2. The Morgan fingerprint density at radius 2 is 2.22 bits per heavy atom. The monoisotopic (exact) mass is 268 g/mol. The molecule has 1 aliphatic rings. The molecule has 18 heavy (non-hydrogen) atoms. The Hall–Kier alpha value is -1.40. The van der Waals surface area contributed by atoms with Crippen LogP contribution in [0.5, 0.6) is 5.88 Å². The second-order valence-electron chi connectivity index (χ2n) is 4.30. The van der Waals surface area contributed by atoms with Gasteiger partial charge in [0.25, 0.3) is 0 Å². The number of nitrogens with one attached hydrogen (secondary N) is 1. The van der Waals surface area contributed by atoms with Gasteiger partial charge in [-0.05, 0) is 30.4 Å². The molecule has 1 saturated heterocycles. The maximum absolute atomic E-state index is 5.83. The van der Waals surface area contributed by atoms with E-state index in [1.54, 1.807) is 6.20 Å². The van der Waals surface area contributed by atoms with Crippen LogP contribution in [-0.4, -0.2) is 40.0 Å². The highest BCUT2D eigenvalue weighted by molar-refractivity contribution is 6.28. The fourth-order valence-electron chi connectivity index (χ4n) is 2.00. The van der Waals surface area contributed by atoms with Gasteiger partial charge in [-0.15, -0.1) is 0 Å². The van der Waals surface area contributed by atoms with E-state index in [2.05, 4.69) is 20.2 Å². The topological polar surface area (TPSA) is 72.9 Å². The molecular formula is C11H13ClN4O2. The van der Waals surface area contributed by atoms with Gasteiger partial charge in [0.1, 0.15) is 5.39 Å². The predicted octanol–water partition coefficient (Wildman–Crippen LogP) is 1.81. The number of H-pyrrole nitrogens is 1. The Bertz CT molecular complexity index is 539. The smallest absolute Gasteiger partial charge is 0.229 e. The minimum atomic E-state index is 0.161. The van der Waals surface area contributed by atoms with E-state index in [0.717, 1.165) is 31.4 Å². The van der Waals surface area contributed by atoms with E-state index in [1.807, 2.05) is 0 Å². The standard InChI is InChI=1S/C11H13ClN4O2/c12-11-14-9-8(5-13-16-9)10(15-11)18-6-7-1-3-17-4-2-7/h5,7H,1-4,6H2,(H,13,14,15,16). The molecule has 3 rings (SSSR count). The molecule has 6 nitrogen and oxygen atoms in total. The molecule has 0 aliphatic carbocycles. The van der Waals surface area contributed by atoms with Crippen LogP contribution in [0.3, 0.4) is 0 Å². The van der Waals surface area contributed by atoms with Gasteiger partial charge in [-0.25, -0.2) is 0 Å². The van der Waals surface area contributed by atoms with Crippen molar-refractivity contribution in [2.45, 2.75) is 12.8 Å². The summed E-state index contributed by atoms with van der Waals surface area (Å²) in [4.78, 5) is 8.13. The molecule has 2 aromatic rings. The van der Waals surface area contributed by atoms with Crippen molar-refractivity contribution in [3.05, 3.63) is 11.5 Å². The zero-order chi connectivity index (χ0) is 12.4. The quantitative estimate of drug-likeness (QED) is 0.860. The summed E-state index contributed by atoms with van der Waals surface area (Å²) in [5, 5.41) is 7.58. The first-order valence-electron chi connectivity index (χ1n) is 5.90. The lowest BCUT2D eigenvalue weighted by Crippen LogP contribution is -2.21. The van der Waals surface area contributed by atoms with Crippen LogP contribution in [-0.2, 0) is 4.74 Å². The summed E-state index contributed by atoms with van der Waals surface area (Å²) < 4.78 is 11.1. The first kappa shape index (κ1) is 11.7. The number of ether oxygens (including phenoxy) is 2. The summed E-state index contributed by atoms with van der Waals surface area (Å²) in [7, 11) is 0. The van der Waals surface area contributed by atoms with E-state index < -0.39 is 0 Å². The number of aromatic amines is 1. The number of halogens is 1. The van der Waals surface area contributed by atoms with Gasteiger partial charge in [0.2, 0.25) is 11.2 Å². The van der Waals surface area contributed by atoms with Crippen LogP contribution >= 0.6 is 11.6 Å². The molecule has 0 bridgehead atoms. The molecule has 0 aromatic carbocycles. The Balaban J connectivity index is 1.75. The Morgan fingerprint density at radius 1 is 1.39 bits per heavy atom. The SMILES string of the molecule is Clc1nc(OCC2CCOCC2)c2cn[nH]c2n1. The summed E-state index contributed by atoms with van der Waals surface area (Å²) in [5.41, 5.74) is 0.594. The van der Waals surface area contributed by atoms with Gasteiger partial charge in [0.15, 0.2) is 5.65 Å². The lowest BCUT2D eigenvalue weighted by atomic mass is 10.0. The summed E-state index contributed by atoms with van der Waals surface area (Å²) in [6.45, 7) is 2.23. The highest BCUT2D eigenvalue weighted by Crippen LogP contribution is 2.24. The zero-order valence-corrected chi connectivity index (χ0v) is 10.5. The van der Waals surface area contributed by atoms with Crippen molar-refractivity contribution in [3.63, 3.8) is 0 Å². The molecule has 0 atom stereocenters. The Kier molecular flexibility index (Phi) is 3.29. The van der Waals surface area contributed by atoms with Crippen LogP contribution in [0.25, 0.3) is 11.0 Å². The van der Waals surface area contributed by atoms with Gasteiger partial charge in [0, 0.05) is 13.2 Å². The number of hydrogen-bond donors (Lipinski definition) is 1. The minimum absolute atomic E-state index is 0.161. The van der Waals surface area contributed by atoms with Gasteiger partial charge in [-0.1, -0.05) is 0 Å². The Labute approximate surface area is 109 Å². The lowest BCUT2D eigenvalue weighted by Gasteiger charge is -2.21. The van der Waals surface area contributed by atoms with E-state index in [1.165, 1.54) is 0 Å². The van der Waals surface area contributed by atoms with Gasteiger partial charge in [-0.3, -0.25) is 5.10 Å². The molecule has 0 amide bonds. The van der Waals surface area contributed by atoms with Gasteiger partial charge in [-0.2, -0.15) is 15.1 Å². The molecule has 96 valence electrons. The van der Waals surface area contributed by atoms with Gasteiger partial charge < -0.3 is 9.47 Å². The molecule has 2 aromatic heterocycles. The summed E-state index contributed by atoms with van der Waals surface area (Å²) in [6.07, 6.45) is 3.69. The molecule has 0 radical (unpaired) electrons. The average molecular weight is 269 g/mol. The summed E-state index contributed by atoms with van der Waals surface area (Å²) in [5.74, 6) is 1.000. The zero-order valence-electron chi connectivity index (χ0n) is 9.73. The van der Waals surface area contributed by atoms with Crippen molar-refractivity contribution in [2.24, 2.45) is 5.92 Å². The van der Waals surface area contributed by atoms with Crippen molar-refractivity contribution >= 4 is 22.6 Å². The number of fused-ring (bicyclic) bond motifs is 1. The van der Waals surface area contributed by atoms with Gasteiger partial charge in [0.05, 0.1) is 12.8 Å². The van der Waals surface area contributed by atoms with E-state index in [0.29, 0.717) is 24.1 Å². The van der Waals surface area contributed by atoms with Crippen molar-refractivity contribution < 1.29 is 9.47 Å². The van der Waals surface area contributed by atoms with Crippen molar-refractivity contribution in [2.75, 3.05) is 19.8 Å². The fraction of sp³-hybridized carbons (Fsp3) is 0.545. The van der Waals surface area contributed by atoms with Crippen molar-refractivity contribution in [1.82, 2.24) is 20.2 Å². The van der Waals surface area contributed by atoms with E-state index in [-0.39, 0.29) is 5.28 Å². The Morgan fingerprint density at radius 3 is 3.06 bits per heavy atom. The van der Waals surface area contributed by atoms with Crippen LogP contribution in [0.2, 0.25) is 5.28 Å². The third-order valence-electron chi connectivity index (χ3n) is 3.04. The third-order valence-corrected chi connectivity index (χ3v) is 3.21. The maximum Gasteiger partial charge on any atom is 0.229 e. The molecular weight excluding hydrogens is 256 g/mol. The molecule has 7 heteroatoms. The first-order valence-corrected chi connectivity index (χ1v) is 6.28. The van der Waals surface area contributed by atoms with Gasteiger partial charge >= 0.3 is 0 Å². The first-order chi connectivity index (χ1) is 8.83. The van der Waals surface area contributed by atoms with Crippen molar-refractivity contribution in [1.29, 1.82) is 0 Å². The molecule has 1 fully saturated rings. The van der Waals surface area contributed by atoms with Crippen LogP contribution in [0, 0.1) is 5.92 Å². The number of hydrogen-bond acceptors (Lipinski definition) is 5. The molecule has 1 aliphatic heterocycles. The predicted molar refractivity (Wildman–Crippen MR) is 65.7 cm³/mol. The van der Waals surface area contributed by atoms with Crippen LogP contribution in [0.1, 0.15) is 12.8 Å². The van der Waals surface area contributed by atoms with Crippen LogP contribution in [0.4, 0.5) is 0 Å². The number of aromatic nitrogens is 4. The number of rotatable bonds is 3. The highest BCUT2D eigenvalue weighted by atomic mass is 35.5. The molecule has 1 N–H and O–H groups in total. The average Bonchev–Trinajstić information content (AvgIpc) is 2.85. The summed E-state index contributed by atoms with van der Waals surface area (Å²) in [6, 6.07) is 0. The number of nitrogens with zero attached hydrogens (tertiary/aromatic N) is 3. The minimum Gasteiger partial charge on any atom is -0.477 e. The van der Waals surface area contributed by atoms with Crippen LogP contribution in [0.15, 0.2) is 6.20 Å². The largest absolute Gasteiger partial charge is 0.477 e. The second-order valence-corrected chi connectivity index (χ2v) is 4.63. The highest BCUT2D eigenvalue weighted by Gasteiger charge is 2.16. The van der Waals surface area contributed by atoms with E-state index in [9.17, 15) is 0 Å². The molecule has 3 heterocycles. The molecule has 0 unspecified atom stereocenters. The fourth-order valence-corrected chi connectivity index (χ4v) is 2.16. The molecule has 0 saturated carbocycles. The summed E-state index contributed by atoms with van der Waals surface area (Å²) >= 11 is 5.83. The lowest BCUT2D eigenvalue weighted by molar-refractivity contribution is 0.0493. The van der Waals surface area contributed by atoms with E-state index in [4.69, 9.17) is 21.1 Å². The van der Waals surface area contributed by atoms with E-state index >= 15 is 0 Å². The second kappa shape index (κ2) is 5.07. The molecule has 0 spiro atoms.